The summed E-state index contributed by atoms with van der Waals surface area (Å²) in [5.41, 5.74) is 6.60. The Bertz CT molecular complexity index is 423. The van der Waals surface area contributed by atoms with Crippen LogP contribution >= 0.6 is 0 Å². The number of nitrogen functional groups attached to an aromatic ring is 1. The SMILES string of the molecule is Cc1cc(N)c(F)c(F)c1CCC1CCCCC1. The van der Waals surface area contributed by atoms with Gasteiger partial charge in [0.15, 0.2) is 11.6 Å². The van der Waals surface area contributed by atoms with E-state index in [0.717, 1.165) is 12.0 Å². The predicted octanol–water partition coefficient (Wildman–Crippen LogP) is 4.37. The van der Waals surface area contributed by atoms with Crippen molar-refractivity contribution in [1.82, 2.24) is 0 Å². The van der Waals surface area contributed by atoms with Crippen molar-refractivity contribution >= 4 is 5.69 Å². The Kier molecular flexibility index (Phi) is 4.20. The molecule has 0 atom stereocenters. The van der Waals surface area contributed by atoms with Crippen molar-refractivity contribution in [3.05, 3.63) is 28.8 Å². The molecule has 1 aromatic rings. The van der Waals surface area contributed by atoms with E-state index in [2.05, 4.69) is 0 Å². The van der Waals surface area contributed by atoms with Gasteiger partial charge in [0, 0.05) is 0 Å². The molecule has 0 heterocycles. The third kappa shape index (κ3) is 2.82. The van der Waals surface area contributed by atoms with Gasteiger partial charge in [-0.1, -0.05) is 32.1 Å². The topological polar surface area (TPSA) is 26.0 Å². The molecular weight excluding hydrogens is 232 g/mol. The summed E-state index contributed by atoms with van der Waals surface area (Å²) >= 11 is 0. The summed E-state index contributed by atoms with van der Waals surface area (Å²) in [4.78, 5) is 0. The van der Waals surface area contributed by atoms with E-state index in [0.29, 0.717) is 17.9 Å². The summed E-state index contributed by atoms with van der Waals surface area (Å²) in [6.07, 6.45) is 7.93. The van der Waals surface area contributed by atoms with Crippen molar-refractivity contribution in [2.45, 2.75) is 51.9 Å². The maximum atomic E-state index is 13.8. The normalized spacial score (nSPS) is 17.1. The Labute approximate surface area is 107 Å². The summed E-state index contributed by atoms with van der Waals surface area (Å²) in [7, 11) is 0. The van der Waals surface area contributed by atoms with Gasteiger partial charge in [-0.05, 0) is 42.9 Å². The smallest absolute Gasteiger partial charge is 0.181 e. The molecule has 0 aliphatic heterocycles. The zero-order chi connectivity index (χ0) is 13.1. The molecule has 1 nitrogen and oxygen atoms in total. The molecule has 0 saturated heterocycles. The van der Waals surface area contributed by atoms with Crippen LogP contribution in [0, 0.1) is 24.5 Å². The Morgan fingerprint density at radius 3 is 2.50 bits per heavy atom. The molecule has 0 radical (unpaired) electrons. The van der Waals surface area contributed by atoms with E-state index >= 15 is 0 Å². The van der Waals surface area contributed by atoms with E-state index in [9.17, 15) is 8.78 Å². The maximum absolute atomic E-state index is 13.8. The lowest BCUT2D eigenvalue weighted by atomic mass is 9.84. The van der Waals surface area contributed by atoms with E-state index in [-0.39, 0.29) is 5.69 Å². The molecule has 0 amide bonds. The zero-order valence-electron chi connectivity index (χ0n) is 10.9. The molecule has 1 aliphatic carbocycles. The van der Waals surface area contributed by atoms with Crippen molar-refractivity contribution in [3.8, 4) is 0 Å². The second-order valence-corrected chi connectivity index (χ2v) is 5.43. The van der Waals surface area contributed by atoms with Gasteiger partial charge in [-0.25, -0.2) is 8.78 Å². The molecule has 2 N–H and O–H groups in total. The van der Waals surface area contributed by atoms with Gasteiger partial charge in [0.05, 0.1) is 5.69 Å². The number of hydrogen-bond donors (Lipinski definition) is 1. The maximum Gasteiger partial charge on any atom is 0.181 e. The Morgan fingerprint density at radius 1 is 1.17 bits per heavy atom. The van der Waals surface area contributed by atoms with E-state index in [1.54, 1.807) is 6.92 Å². The van der Waals surface area contributed by atoms with E-state index in [4.69, 9.17) is 5.73 Å². The van der Waals surface area contributed by atoms with Crippen LogP contribution in [0.2, 0.25) is 0 Å². The number of benzene rings is 1. The molecule has 0 spiro atoms. The minimum absolute atomic E-state index is 0.0913. The number of aryl methyl sites for hydroxylation is 1. The highest BCUT2D eigenvalue weighted by Gasteiger charge is 2.18. The Balaban J connectivity index is 2.06. The second-order valence-electron chi connectivity index (χ2n) is 5.43. The van der Waals surface area contributed by atoms with Crippen molar-refractivity contribution in [1.29, 1.82) is 0 Å². The van der Waals surface area contributed by atoms with Crippen LogP contribution in [0.4, 0.5) is 14.5 Å². The molecule has 1 aromatic carbocycles. The standard InChI is InChI=1S/C15H21F2N/c1-10-9-13(18)15(17)14(16)12(10)8-7-11-5-3-2-4-6-11/h9,11H,2-8,18H2,1H3. The van der Waals surface area contributed by atoms with Crippen LogP contribution in [0.1, 0.15) is 49.7 Å². The molecule has 1 saturated carbocycles. The molecule has 2 rings (SSSR count). The zero-order valence-corrected chi connectivity index (χ0v) is 10.9. The number of nitrogens with two attached hydrogens (primary N) is 1. The van der Waals surface area contributed by atoms with Crippen LogP contribution < -0.4 is 5.73 Å². The van der Waals surface area contributed by atoms with Crippen LogP contribution in [-0.2, 0) is 6.42 Å². The summed E-state index contributed by atoms with van der Waals surface area (Å²) < 4.78 is 27.3. The molecule has 100 valence electrons. The first-order chi connectivity index (χ1) is 8.59. The number of halogens is 2. The monoisotopic (exact) mass is 253 g/mol. The fourth-order valence-electron chi connectivity index (χ4n) is 2.95. The first kappa shape index (κ1) is 13.3. The largest absolute Gasteiger partial charge is 0.396 e. The van der Waals surface area contributed by atoms with Crippen molar-refractivity contribution < 1.29 is 8.78 Å². The molecule has 0 unspecified atom stereocenters. The van der Waals surface area contributed by atoms with Gasteiger partial charge in [0.2, 0.25) is 0 Å². The van der Waals surface area contributed by atoms with E-state index < -0.39 is 11.6 Å². The van der Waals surface area contributed by atoms with Crippen LogP contribution in [0.5, 0.6) is 0 Å². The van der Waals surface area contributed by atoms with Crippen LogP contribution in [-0.4, -0.2) is 0 Å². The lowest BCUT2D eigenvalue weighted by Gasteiger charge is -2.22. The van der Waals surface area contributed by atoms with Gasteiger partial charge in [0.25, 0.3) is 0 Å². The molecule has 3 heteroatoms. The van der Waals surface area contributed by atoms with Gasteiger partial charge in [0.1, 0.15) is 0 Å². The van der Waals surface area contributed by atoms with Crippen molar-refractivity contribution in [3.63, 3.8) is 0 Å². The average Bonchev–Trinajstić information content (AvgIpc) is 2.37. The van der Waals surface area contributed by atoms with Gasteiger partial charge < -0.3 is 5.73 Å². The fourth-order valence-corrected chi connectivity index (χ4v) is 2.95. The third-order valence-electron chi connectivity index (χ3n) is 4.09. The summed E-state index contributed by atoms with van der Waals surface area (Å²) in [6, 6.07) is 1.54. The third-order valence-corrected chi connectivity index (χ3v) is 4.09. The molecule has 0 bridgehead atoms. The van der Waals surface area contributed by atoms with E-state index in [1.807, 2.05) is 0 Å². The lowest BCUT2D eigenvalue weighted by Crippen LogP contribution is -2.09. The highest BCUT2D eigenvalue weighted by atomic mass is 19.2. The highest BCUT2D eigenvalue weighted by Crippen LogP contribution is 2.29. The molecule has 18 heavy (non-hydrogen) atoms. The minimum Gasteiger partial charge on any atom is -0.396 e. The Morgan fingerprint density at radius 2 is 1.83 bits per heavy atom. The second kappa shape index (κ2) is 5.68. The quantitative estimate of drug-likeness (QED) is 0.795. The molecule has 1 fully saturated rings. The van der Waals surface area contributed by atoms with Crippen LogP contribution in [0.25, 0.3) is 0 Å². The summed E-state index contributed by atoms with van der Waals surface area (Å²) in [6.45, 7) is 1.80. The van der Waals surface area contributed by atoms with E-state index in [1.165, 1.54) is 38.2 Å². The van der Waals surface area contributed by atoms with Gasteiger partial charge in [-0.3, -0.25) is 0 Å². The van der Waals surface area contributed by atoms with Gasteiger partial charge in [-0.15, -0.1) is 0 Å². The summed E-state index contributed by atoms with van der Waals surface area (Å²) in [5.74, 6) is -0.958. The van der Waals surface area contributed by atoms with Crippen molar-refractivity contribution in [2.24, 2.45) is 5.92 Å². The van der Waals surface area contributed by atoms with Gasteiger partial charge in [-0.2, -0.15) is 0 Å². The molecule has 0 aromatic heterocycles. The lowest BCUT2D eigenvalue weighted by molar-refractivity contribution is 0.337. The van der Waals surface area contributed by atoms with Gasteiger partial charge >= 0.3 is 0 Å². The summed E-state index contributed by atoms with van der Waals surface area (Å²) in [5, 5.41) is 0. The highest BCUT2D eigenvalue weighted by molar-refractivity contribution is 5.46. The molecule has 1 aliphatic rings. The molecular formula is C15H21F2N. The average molecular weight is 253 g/mol. The number of hydrogen-bond acceptors (Lipinski definition) is 1. The Hall–Kier alpha value is -1.12. The van der Waals surface area contributed by atoms with Crippen LogP contribution in [0.15, 0.2) is 6.07 Å². The number of rotatable bonds is 3. The van der Waals surface area contributed by atoms with Crippen molar-refractivity contribution in [2.75, 3.05) is 5.73 Å². The first-order valence-electron chi connectivity index (χ1n) is 6.82. The number of anilines is 1. The predicted molar refractivity (Wildman–Crippen MR) is 70.4 cm³/mol. The minimum atomic E-state index is -0.890. The fraction of sp³-hybridized carbons (Fsp3) is 0.600. The van der Waals surface area contributed by atoms with Crippen LogP contribution in [0.3, 0.4) is 0 Å². The first-order valence-corrected chi connectivity index (χ1v) is 6.82.